The lowest BCUT2D eigenvalue weighted by atomic mass is 10.1. The fraction of sp³-hybridized carbons (Fsp3) is 0.706. The zero-order valence-corrected chi connectivity index (χ0v) is 11.6. The van der Waals surface area contributed by atoms with Crippen LogP contribution in [0.5, 0.6) is 0 Å². The average Bonchev–Trinajstić information content (AvgIpc) is 2.35. The fourth-order valence-electron chi connectivity index (χ4n) is 1.99. The van der Waals surface area contributed by atoms with Crippen molar-refractivity contribution in [1.29, 1.82) is 0 Å². The van der Waals surface area contributed by atoms with E-state index in [9.17, 15) is 0 Å². The average molecular weight is 235 g/mol. The molecule has 0 bridgehead atoms. The summed E-state index contributed by atoms with van der Waals surface area (Å²) in [6.45, 7) is 7.57. The minimum atomic E-state index is 1.02. The van der Waals surface area contributed by atoms with Gasteiger partial charge in [0.15, 0.2) is 0 Å². The van der Waals surface area contributed by atoms with E-state index in [4.69, 9.17) is 0 Å². The van der Waals surface area contributed by atoms with Gasteiger partial charge in [-0.3, -0.25) is 0 Å². The SMILES string of the molecule is [CH2]CCCCCCCCCCC/C=C/CC=C. The molecule has 0 saturated heterocycles. The molecule has 0 aliphatic heterocycles. The van der Waals surface area contributed by atoms with Crippen molar-refractivity contribution in [3.63, 3.8) is 0 Å². The lowest BCUT2D eigenvalue weighted by molar-refractivity contribution is 0.561. The molecule has 0 N–H and O–H groups in total. The quantitative estimate of drug-likeness (QED) is 0.262. The fourth-order valence-corrected chi connectivity index (χ4v) is 1.99. The number of allylic oxidation sites excluding steroid dienone is 3. The summed E-state index contributed by atoms with van der Waals surface area (Å²) in [6.07, 6.45) is 22.4. The van der Waals surface area contributed by atoms with Gasteiger partial charge in [0.25, 0.3) is 0 Å². The molecule has 0 aromatic heterocycles. The summed E-state index contributed by atoms with van der Waals surface area (Å²) < 4.78 is 0. The summed E-state index contributed by atoms with van der Waals surface area (Å²) >= 11 is 0. The van der Waals surface area contributed by atoms with Crippen molar-refractivity contribution < 1.29 is 0 Å². The van der Waals surface area contributed by atoms with Crippen molar-refractivity contribution in [2.24, 2.45) is 0 Å². The molecule has 0 aromatic carbocycles. The van der Waals surface area contributed by atoms with Crippen LogP contribution < -0.4 is 0 Å². The third kappa shape index (κ3) is 15.5. The first kappa shape index (κ1) is 16.5. The van der Waals surface area contributed by atoms with Gasteiger partial charge in [-0.15, -0.1) is 6.58 Å². The van der Waals surface area contributed by atoms with E-state index >= 15 is 0 Å². The smallest absolute Gasteiger partial charge is 0.0172 e. The van der Waals surface area contributed by atoms with Crippen LogP contribution in [0.25, 0.3) is 0 Å². The normalized spacial score (nSPS) is 11.1. The van der Waals surface area contributed by atoms with Crippen LogP contribution in [0, 0.1) is 6.92 Å². The van der Waals surface area contributed by atoms with Crippen LogP contribution >= 0.6 is 0 Å². The van der Waals surface area contributed by atoms with Gasteiger partial charge in [0.2, 0.25) is 0 Å². The molecule has 0 atom stereocenters. The van der Waals surface area contributed by atoms with Crippen LogP contribution in [0.1, 0.15) is 77.0 Å². The summed E-state index contributed by atoms with van der Waals surface area (Å²) in [5.74, 6) is 0. The highest BCUT2D eigenvalue weighted by Crippen LogP contribution is 2.11. The van der Waals surface area contributed by atoms with E-state index in [-0.39, 0.29) is 0 Å². The Morgan fingerprint density at radius 1 is 0.647 bits per heavy atom. The zero-order chi connectivity index (χ0) is 12.6. The third-order valence-electron chi connectivity index (χ3n) is 3.09. The lowest BCUT2D eigenvalue weighted by Gasteiger charge is -2.01. The van der Waals surface area contributed by atoms with Gasteiger partial charge in [-0.25, -0.2) is 0 Å². The van der Waals surface area contributed by atoms with Crippen molar-refractivity contribution in [3.05, 3.63) is 31.7 Å². The van der Waals surface area contributed by atoms with Gasteiger partial charge in [0.05, 0.1) is 0 Å². The maximum atomic E-state index is 3.87. The molecule has 0 heterocycles. The second-order valence-electron chi connectivity index (χ2n) is 4.82. The first-order valence-corrected chi connectivity index (χ1v) is 7.47. The Labute approximate surface area is 109 Å². The molecule has 0 saturated carbocycles. The first-order valence-electron chi connectivity index (χ1n) is 7.47. The first-order chi connectivity index (χ1) is 8.41. The number of hydrogen-bond donors (Lipinski definition) is 0. The molecule has 0 aliphatic rings. The predicted molar refractivity (Wildman–Crippen MR) is 80.1 cm³/mol. The van der Waals surface area contributed by atoms with Gasteiger partial charge >= 0.3 is 0 Å². The summed E-state index contributed by atoms with van der Waals surface area (Å²) in [7, 11) is 0. The molecule has 0 spiro atoms. The monoisotopic (exact) mass is 235 g/mol. The van der Waals surface area contributed by atoms with Gasteiger partial charge in [0, 0.05) is 0 Å². The molecule has 0 fully saturated rings. The van der Waals surface area contributed by atoms with Crippen LogP contribution in [-0.2, 0) is 0 Å². The van der Waals surface area contributed by atoms with E-state index in [1.807, 2.05) is 6.08 Å². The topological polar surface area (TPSA) is 0 Å². The molecule has 99 valence electrons. The number of rotatable bonds is 13. The minimum Gasteiger partial charge on any atom is -0.103 e. The van der Waals surface area contributed by atoms with Crippen molar-refractivity contribution in [1.82, 2.24) is 0 Å². The van der Waals surface area contributed by atoms with Crippen LogP contribution in [0.2, 0.25) is 0 Å². The second-order valence-corrected chi connectivity index (χ2v) is 4.82. The maximum absolute atomic E-state index is 3.87. The Morgan fingerprint density at radius 3 is 1.71 bits per heavy atom. The molecule has 17 heavy (non-hydrogen) atoms. The molecular formula is C17H31. The van der Waals surface area contributed by atoms with E-state index in [1.165, 1.54) is 64.2 Å². The van der Waals surface area contributed by atoms with Gasteiger partial charge in [-0.2, -0.15) is 0 Å². The van der Waals surface area contributed by atoms with Crippen molar-refractivity contribution in [2.75, 3.05) is 0 Å². The van der Waals surface area contributed by atoms with E-state index in [0.717, 1.165) is 12.8 Å². The van der Waals surface area contributed by atoms with E-state index < -0.39 is 0 Å². The molecule has 0 nitrogen and oxygen atoms in total. The third-order valence-corrected chi connectivity index (χ3v) is 3.09. The van der Waals surface area contributed by atoms with Crippen LogP contribution in [0.3, 0.4) is 0 Å². The van der Waals surface area contributed by atoms with Crippen LogP contribution in [0.4, 0.5) is 0 Å². The van der Waals surface area contributed by atoms with E-state index in [1.54, 1.807) is 0 Å². The predicted octanol–water partition coefficient (Wildman–Crippen LogP) is 6.24. The van der Waals surface area contributed by atoms with Crippen molar-refractivity contribution in [3.8, 4) is 0 Å². The van der Waals surface area contributed by atoms with Crippen molar-refractivity contribution >= 4 is 0 Å². The van der Waals surface area contributed by atoms with E-state index in [0.29, 0.717) is 0 Å². The van der Waals surface area contributed by atoms with Crippen LogP contribution in [0.15, 0.2) is 24.8 Å². The summed E-state index contributed by atoms with van der Waals surface area (Å²) in [5, 5.41) is 0. The molecule has 0 heteroatoms. The summed E-state index contributed by atoms with van der Waals surface area (Å²) in [5.41, 5.74) is 0. The van der Waals surface area contributed by atoms with Gasteiger partial charge in [-0.1, -0.05) is 82.9 Å². The highest BCUT2D eigenvalue weighted by molar-refractivity contribution is 4.87. The van der Waals surface area contributed by atoms with Crippen molar-refractivity contribution in [2.45, 2.75) is 77.0 Å². The molecule has 1 radical (unpaired) electrons. The molecule has 0 aliphatic carbocycles. The highest BCUT2D eigenvalue weighted by atomic mass is 14.0. The standard InChI is InChI=1S/C17H31/c1-3-5-7-9-11-13-15-17-16-14-12-10-8-6-4-2/h3,7,9H,1-2,4-6,8,10-17H2/b9-7+. The lowest BCUT2D eigenvalue weighted by Crippen LogP contribution is -1.81. The highest BCUT2D eigenvalue weighted by Gasteiger charge is 1.91. The van der Waals surface area contributed by atoms with Gasteiger partial charge in [-0.05, 0) is 19.3 Å². The molecule has 0 aromatic rings. The Balaban J connectivity index is 2.96. The summed E-state index contributed by atoms with van der Waals surface area (Å²) in [4.78, 5) is 0. The summed E-state index contributed by atoms with van der Waals surface area (Å²) in [6, 6.07) is 0. The molecular weight excluding hydrogens is 204 g/mol. The Hall–Kier alpha value is -0.520. The van der Waals surface area contributed by atoms with Crippen LogP contribution in [-0.4, -0.2) is 0 Å². The Morgan fingerprint density at radius 2 is 1.18 bits per heavy atom. The van der Waals surface area contributed by atoms with E-state index in [2.05, 4.69) is 25.7 Å². The molecule has 0 unspecified atom stereocenters. The molecule has 0 amide bonds. The molecule has 0 rings (SSSR count). The minimum absolute atomic E-state index is 1.02. The zero-order valence-electron chi connectivity index (χ0n) is 11.6. The largest absolute Gasteiger partial charge is 0.103 e. The number of unbranched alkanes of at least 4 members (excludes halogenated alkanes) is 10. The van der Waals surface area contributed by atoms with Gasteiger partial charge in [0.1, 0.15) is 0 Å². The Bertz CT molecular complexity index is 167. The second kappa shape index (κ2) is 15.5. The van der Waals surface area contributed by atoms with Gasteiger partial charge < -0.3 is 0 Å². The number of hydrogen-bond acceptors (Lipinski definition) is 0. The Kier molecular flexibility index (Phi) is 15.0. The maximum Gasteiger partial charge on any atom is -0.0172 e.